The number of amides is 1. The number of carbonyl (C=O) groups excluding carboxylic acids is 2. The van der Waals surface area contributed by atoms with Crippen LogP contribution in [0, 0.1) is 11.3 Å². The number of hydrogen-bond acceptors (Lipinski definition) is 3. The summed E-state index contributed by atoms with van der Waals surface area (Å²) >= 11 is 0. The lowest BCUT2D eigenvalue weighted by atomic mass is 10.00. The molecule has 0 radical (unpaired) electrons. The topological polar surface area (TPSA) is 46.6 Å². The number of rotatable bonds is 4. The quantitative estimate of drug-likeness (QED) is 0.855. The molecule has 1 heterocycles. The largest absolute Gasteiger partial charge is 0.445 e. The van der Waals surface area contributed by atoms with Crippen molar-refractivity contribution >= 4 is 11.9 Å². The summed E-state index contributed by atoms with van der Waals surface area (Å²) in [5.74, 6) is 0.518. The standard InChI is InChI=1S/C17H21NO3/c1-2-15(19)14-10-17(14)8-9-18(12-17)16(20)21-11-13-6-4-3-5-7-13/h3-7,14H,2,8-12H2,1H3. The average Bonchev–Trinajstić information content (AvgIpc) is 3.05. The Bertz CT molecular complexity index is 542. The second-order valence-corrected chi connectivity index (χ2v) is 6.15. The van der Waals surface area contributed by atoms with Gasteiger partial charge in [0, 0.05) is 30.8 Å². The molecule has 2 fully saturated rings. The van der Waals surface area contributed by atoms with E-state index in [1.807, 2.05) is 37.3 Å². The molecule has 1 amide bonds. The van der Waals surface area contributed by atoms with E-state index >= 15 is 0 Å². The summed E-state index contributed by atoms with van der Waals surface area (Å²) in [5, 5.41) is 0. The molecule has 2 aliphatic rings. The number of nitrogens with zero attached hydrogens (tertiary/aromatic N) is 1. The highest BCUT2D eigenvalue weighted by atomic mass is 16.6. The Kier molecular flexibility index (Phi) is 3.70. The van der Waals surface area contributed by atoms with Gasteiger partial charge in [-0.3, -0.25) is 4.79 Å². The van der Waals surface area contributed by atoms with Gasteiger partial charge in [-0.2, -0.15) is 0 Å². The zero-order chi connectivity index (χ0) is 14.9. The van der Waals surface area contributed by atoms with Crippen molar-refractivity contribution in [1.29, 1.82) is 0 Å². The van der Waals surface area contributed by atoms with Crippen molar-refractivity contribution in [3.05, 3.63) is 35.9 Å². The molecular weight excluding hydrogens is 266 g/mol. The Hall–Kier alpha value is -1.84. The van der Waals surface area contributed by atoms with Crippen molar-refractivity contribution in [2.75, 3.05) is 13.1 Å². The number of ether oxygens (including phenoxy) is 1. The first-order valence-electron chi connectivity index (χ1n) is 7.63. The van der Waals surface area contributed by atoms with Crippen LogP contribution in [0.3, 0.4) is 0 Å². The molecule has 1 aliphatic carbocycles. The minimum atomic E-state index is -0.259. The normalized spacial score (nSPS) is 26.9. The monoisotopic (exact) mass is 287 g/mol. The van der Waals surface area contributed by atoms with Gasteiger partial charge in [-0.1, -0.05) is 37.3 Å². The van der Waals surface area contributed by atoms with Crippen molar-refractivity contribution < 1.29 is 14.3 Å². The van der Waals surface area contributed by atoms with E-state index in [4.69, 9.17) is 4.74 Å². The minimum absolute atomic E-state index is 0.0683. The average molecular weight is 287 g/mol. The van der Waals surface area contributed by atoms with Crippen LogP contribution in [0.2, 0.25) is 0 Å². The van der Waals surface area contributed by atoms with Gasteiger partial charge in [0.25, 0.3) is 0 Å². The zero-order valence-corrected chi connectivity index (χ0v) is 12.4. The lowest BCUT2D eigenvalue weighted by Crippen LogP contribution is -2.30. The van der Waals surface area contributed by atoms with Crippen LogP contribution in [0.15, 0.2) is 30.3 Å². The maximum Gasteiger partial charge on any atom is 0.410 e. The van der Waals surface area contributed by atoms with Crippen LogP contribution in [0.25, 0.3) is 0 Å². The fraction of sp³-hybridized carbons (Fsp3) is 0.529. The molecular formula is C17H21NO3. The van der Waals surface area contributed by atoms with Crippen LogP contribution in [-0.2, 0) is 16.1 Å². The van der Waals surface area contributed by atoms with Crippen molar-refractivity contribution in [2.45, 2.75) is 32.8 Å². The molecule has 2 atom stereocenters. The minimum Gasteiger partial charge on any atom is -0.445 e. The van der Waals surface area contributed by atoms with Gasteiger partial charge in [0.05, 0.1) is 0 Å². The van der Waals surface area contributed by atoms with E-state index < -0.39 is 0 Å². The fourth-order valence-electron chi connectivity index (χ4n) is 3.36. The molecule has 0 bridgehead atoms. The van der Waals surface area contributed by atoms with E-state index in [9.17, 15) is 9.59 Å². The maximum absolute atomic E-state index is 12.1. The van der Waals surface area contributed by atoms with Gasteiger partial charge in [-0.25, -0.2) is 4.79 Å². The number of ketones is 1. The first-order chi connectivity index (χ1) is 10.1. The molecule has 0 N–H and O–H groups in total. The zero-order valence-electron chi connectivity index (χ0n) is 12.4. The third-order valence-corrected chi connectivity index (χ3v) is 4.78. The summed E-state index contributed by atoms with van der Waals surface area (Å²) in [7, 11) is 0. The third-order valence-electron chi connectivity index (χ3n) is 4.78. The predicted octanol–water partition coefficient (Wildman–Crippen LogP) is 3.01. The van der Waals surface area contributed by atoms with Gasteiger partial charge in [0.15, 0.2) is 0 Å². The second kappa shape index (κ2) is 5.51. The molecule has 112 valence electrons. The summed E-state index contributed by atoms with van der Waals surface area (Å²) in [5.41, 5.74) is 1.06. The molecule has 1 aromatic rings. The van der Waals surface area contributed by atoms with E-state index in [0.29, 0.717) is 31.9 Å². The maximum atomic E-state index is 12.1. The summed E-state index contributed by atoms with van der Waals surface area (Å²) in [6.07, 6.45) is 2.22. The number of Topliss-reactive ketones (excluding diaryl/α,β-unsaturated/α-hetero) is 1. The molecule has 21 heavy (non-hydrogen) atoms. The Morgan fingerprint density at radius 1 is 1.33 bits per heavy atom. The van der Waals surface area contributed by atoms with Crippen LogP contribution in [0.4, 0.5) is 4.79 Å². The molecule has 1 aliphatic heterocycles. The molecule has 2 unspecified atom stereocenters. The van der Waals surface area contributed by atoms with Gasteiger partial charge in [0.1, 0.15) is 12.4 Å². The smallest absolute Gasteiger partial charge is 0.410 e. The van der Waals surface area contributed by atoms with Gasteiger partial charge in [-0.05, 0) is 18.4 Å². The highest BCUT2D eigenvalue weighted by molar-refractivity contribution is 5.85. The summed E-state index contributed by atoms with van der Waals surface area (Å²) in [6, 6.07) is 9.68. The van der Waals surface area contributed by atoms with Crippen LogP contribution in [0.5, 0.6) is 0 Å². The Balaban J connectivity index is 1.50. The number of likely N-dealkylation sites (tertiary alicyclic amines) is 1. The number of hydrogen-bond donors (Lipinski definition) is 0. The molecule has 4 nitrogen and oxygen atoms in total. The molecule has 3 rings (SSSR count). The molecule has 1 aromatic carbocycles. The van der Waals surface area contributed by atoms with E-state index in [0.717, 1.165) is 18.4 Å². The van der Waals surface area contributed by atoms with Gasteiger partial charge in [-0.15, -0.1) is 0 Å². The van der Waals surface area contributed by atoms with Crippen molar-refractivity contribution in [3.63, 3.8) is 0 Å². The summed E-state index contributed by atoms with van der Waals surface area (Å²) in [4.78, 5) is 25.6. The number of carbonyl (C=O) groups is 2. The van der Waals surface area contributed by atoms with Crippen molar-refractivity contribution in [1.82, 2.24) is 4.90 Å². The predicted molar refractivity (Wildman–Crippen MR) is 78.7 cm³/mol. The molecule has 0 aromatic heterocycles. The van der Waals surface area contributed by atoms with Gasteiger partial charge >= 0.3 is 6.09 Å². The fourth-order valence-corrected chi connectivity index (χ4v) is 3.36. The van der Waals surface area contributed by atoms with Crippen molar-refractivity contribution in [2.24, 2.45) is 11.3 Å². The Morgan fingerprint density at radius 3 is 2.81 bits per heavy atom. The summed E-state index contributed by atoms with van der Waals surface area (Å²) in [6.45, 7) is 3.60. The van der Waals surface area contributed by atoms with E-state index in [1.54, 1.807) is 4.90 Å². The molecule has 1 saturated heterocycles. The molecule has 1 saturated carbocycles. The van der Waals surface area contributed by atoms with Crippen LogP contribution in [0.1, 0.15) is 31.7 Å². The highest BCUT2D eigenvalue weighted by Crippen LogP contribution is 2.59. The third kappa shape index (κ3) is 2.80. The van der Waals surface area contributed by atoms with Crippen LogP contribution < -0.4 is 0 Å². The van der Waals surface area contributed by atoms with E-state index in [-0.39, 0.29) is 17.4 Å². The lowest BCUT2D eigenvalue weighted by molar-refractivity contribution is -0.120. The first-order valence-corrected chi connectivity index (χ1v) is 7.63. The van der Waals surface area contributed by atoms with E-state index in [2.05, 4.69) is 0 Å². The van der Waals surface area contributed by atoms with Gasteiger partial charge < -0.3 is 9.64 Å². The SMILES string of the molecule is CCC(=O)C1CC12CCN(C(=O)OCc1ccccc1)C2. The Labute approximate surface area is 125 Å². The Morgan fingerprint density at radius 2 is 2.10 bits per heavy atom. The molecule has 1 spiro atoms. The summed E-state index contributed by atoms with van der Waals surface area (Å²) < 4.78 is 5.36. The molecule has 4 heteroatoms. The second-order valence-electron chi connectivity index (χ2n) is 6.15. The van der Waals surface area contributed by atoms with E-state index in [1.165, 1.54) is 0 Å². The lowest BCUT2D eigenvalue weighted by Gasteiger charge is -2.16. The van der Waals surface area contributed by atoms with Crippen LogP contribution in [-0.4, -0.2) is 29.9 Å². The first kappa shape index (κ1) is 14.1. The van der Waals surface area contributed by atoms with Crippen molar-refractivity contribution in [3.8, 4) is 0 Å². The van der Waals surface area contributed by atoms with Crippen LogP contribution >= 0.6 is 0 Å². The number of benzene rings is 1. The van der Waals surface area contributed by atoms with Gasteiger partial charge in [0.2, 0.25) is 0 Å². The highest BCUT2D eigenvalue weighted by Gasteiger charge is 2.60.